The highest BCUT2D eigenvalue weighted by Crippen LogP contribution is 2.45. The first-order valence-electron chi connectivity index (χ1n) is 11.1. The fraction of sp³-hybridized carbons (Fsp3) is 0.269. The Morgan fingerprint density at radius 1 is 1.00 bits per heavy atom. The molecule has 0 unspecified atom stereocenters. The number of hydrogen-bond donors (Lipinski definition) is 2. The van der Waals surface area contributed by atoms with Gasteiger partial charge >= 0.3 is 0 Å². The summed E-state index contributed by atoms with van der Waals surface area (Å²) in [5, 5.41) is 0. The van der Waals surface area contributed by atoms with E-state index in [-0.39, 0.29) is 42.7 Å². The fourth-order valence-electron chi connectivity index (χ4n) is 4.58. The molecule has 184 valence electrons. The van der Waals surface area contributed by atoms with E-state index in [0.717, 1.165) is 11.8 Å². The molecule has 0 aromatic heterocycles. The molecular weight excluding hydrogens is 474 g/mol. The van der Waals surface area contributed by atoms with Gasteiger partial charge in [-0.3, -0.25) is 4.79 Å². The molecule has 1 amide bonds. The second-order valence-corrected chi connectivity index (χ2v) is 10.8. The normalized spacial score (nSPS) is 19.7. The number of sulfonamides is 1. The zero-order valence-corrected chi connectivity index (χ0v) is 19.9. The highest BCUT2D eigenvalue weighted by atomic mass is 32.2. The molecular formula is C26H26F2N2O4S. The number of para-hydroxylation sites is 1. The van der Waals surface area contributed by atoms with Crippen LogP contribution in [0.1, 0.15) is 24.0 Å². The van der Waals surface area contributed by atoms with Crippen molar-refractivity contribution in [2.24, 2.45) is 11.1 Å². The number of hydrogen-bond acceptors (Lipinski definition) is 4. The van der Waals surface area contributed by atoms with Crippen LogP contribution in [0.2, 0.25) is 0 Å². The molecule has 1 saturated carbocycles. The maximum absolute atomic E-state index is 14.9. The van der Waals surface area contributed by atoms with Gasteiger partial charge in [-0.25, -0.2) is 21.9 Å². The molecule has 3 N–H and O–H groups in total. The Hall–Kier alpha value is -3.30. The first kappa shape index (κ1) is 24.8. The lowest BCUT2D eigenvalue weighted by Gasteiger charge is -2.45. The summed E-state index contributed by atoms with van der Waals surface area (Å²) in [6.45, 7) is 0.107. The van der Waals surface area contributed by atoms with E-state index in [1.165, 1.54) is 18.2 Å². The van der Waals surface area contributed by atoms with Crippen LogP contribution < -0.4 is 15.2 Å². The van der Waals surface area contributed by atoms with Crippen molar-refractivity contribution in [2.45, 2.75) is 31.9 Å². The van der Waals surface area contributed by atoms with Crippen molar-refractivity contribution in [1.82, 2.24) is 4.72 Å². The van der Waals surface area contributed by atoms with Gasteiger partial charge in [0.1, 0.15) is 12.4 Å². The number of halogens is 2. The van der Waals surface area contributed by atoms with E-state index in [0.29, 0.717) is 5.56 Å². The van der Waals surface area contributed by atoms with E-state index < -0.39 is 39.0 Å². The Morgan fingerprint density at radius 3 is 2.37 bits per heavy atom. The topological polar surface area (TPSA) is 98.5 Å². The average molecular weight is 501 g/mol. The van der Waals surface area contributed by atoms with Gasteiger partial charge in [0.25, 0.3) is 0 Å². The molecule has 1 fully saturated rings. The van der Waals surface area contributed by atoms with E-state index in [4.69, 9.17) is 10.5 Å². The molecule has 1 aliphatic rings. The van der Waals surface area contributed by atoms with Crippen molar-refractivity contribution < 1.29 is 26.7 Å². The molecule has 0 heterocycles. The Bertz CT molecular complexity index is 1340. The summed E-state index contributed by atoms with van der Waals surface area (Å²) in [7, 11) is -3.42. The number of amides is 1. The number of benzene rings is 3. The van der Waals surface area contributed by atoms with E-state index >= 15 is 0 Å². The van der Waals surface area contributed by atoms with Crippen molar-refractivity contribution in [3.8, 4) is 16.9 Å². The number of carbonyl (C=O) groups is 1. The number of ether oxygens (including phenoxy) is 1. The molecule has 3 aromatic rings. The molecule has 0 saturated heterocycles. The van der Waals surface area contributed by atoms with Crippen LogP contribution in [0.3, 0.4) is 0 Å². The van der Waals surface area contributed by atoms with Crippen molar-refractivity contribution in [3.63, 3.8) is 0 Å². The van der Waals surface area contributed by atoms with Gasteiger partial charge in [-0.1, -0.05) is 48.5 Å². The fourth-order valence-corrected chi connectivity index (χ4v) is 5.35. The minimum Gasteiger partial charge on any atom is -0.485 e. The zero-order valence-electron chi connectivity index (χ0n) is 19.1. The first-order chi connectivity index (χ1) is 16.6. The minimum absolute atomic E-state index is 0.0712. The van der Waals surface area contributed by atoms with Crippen LogP contribution in [-0.2, 0) is 27.8 Å². The van der Waals surface area contributed by atoms with Crippen LogP contribution >= 0.6 is 0 Å². The van der Waals surface area contributed by atoms with Crippen molar-refractivity contribution in [3.05, 3.63) is 89.5 Å². The van der Waals surface area contributed by atoms with Gasteiger partial charge < -0.3 is 10.5 Å². The lowest BCUT2D eigenvalue weighted by molar-refractivity contribution is -0.133. The molecule has 0 radical (unpaired) electrons. The quantitative estimate of drug-likeness (QED) is 0.465. The van der Waals surface area contributed by atoms with Gasteiger partial charge in [0, 0.05) is 17.2 Å². The number of rotatable bonds is 9. The van der Waals surface area contributed by atoms with Gasteiger partial charge in [-0.2, -0.15) is 0 Å². The van der Waals surface area contributed by atoms with Gasteiger partial charge in [0.05, 0.1) is 11.7 Å². The van der Waals surface area contributed by atoms with Gasteiger partial charge in [0.15, 0.2) is 11.6 Å². The van der Waals surface area contributed by atoms with Crippen LogP contribution in [0.25, 0.3) is 11.1 Å². The smallest absolute Gasteiger partial charge is 0.224 e. The third-order valence-corrected chi connectivity index (χ3v) is 7.00. The molecule has 9 heteroatoms. The lowest BCUT2D eigenvalue weighted by atomic mass is 9.62. The summed E-state index contributed by atoms with van der Waals surface area (Å²) in [6.07, 6.45) is 1.74. The second kappa shape index (κ2) is 9.75. The highest BCUT2D eigenvalue weighted by Gasteiger charge is 2.49. The third-order valence-electron chi connectivity index (χ3n) is 6.23. The Balaban J connectivity index is 1.60. The van der Waals surface area contributed by atoms with Crippen LogP contribution in [0, 0.1) is 17.0 Å². The molecule has 4 rings (SSSR count). The zero-order chi connectivity index (χ0) is 25.2. The predicted molar refractivity (Wildman–Crippen MR) is 129 cm³/mol. The van der Waals surface area contributed by atoms with Crippen molar-refractivity contribution in [2.75, 3.05) is 6.26 Å². The van der Waals surface area contributed by atoms with Crippen LogP contribution in [0.4, 0.5) is 8.78 Å². The Morgan fingerprint density at radius 2 is 1.71 bits per heavy atom. The lowest BCUT2D eigenvalue weighted by Crippen LogP contribution is -2.57. The summed E-state index contributed by atoms with van der Waals surface area (Å²) < 4.78 is 60.9. The standard InChI is InChI=1S/C26H26F2N2O4S/c1-35(32,33)30-19-14-26(15-19,25(29)31)13-18-10-11-22(27)21(12-18)20-8-5-9-23(28)24(20)34-16-17-6-3-2-4-7-17/h2-12,19,30H,13-16H2,1H3,(H2,29,31). The molecule has 6 nitrogen and oxygen atoms in total. The number of carbonyl (C=O) groups excluding carboxylic acids is 1. The summed E-state index contributed by atoms with van der Waals surface area (Å²) in [4.78, 5) is 12.3. The summed E-state index contributed by atoms with van der Waals surface area (Å²) in [6, 6.07) is 17.5. The number of nitrogens with two attached hydrogens (primary N) is 1. The van der Waals surface area contributed by atoms with Crippen molar-refractivity contribution in [1.29, 1.82) is 0 Å². The largest absolute Gasteiger partial charge is 0.485 e. The number of nitrogens with one attached hydrogen (secondary N) is 1. The maximum Gasteiger partial charge on any atom is 0.224 e. The SMILES string of the molecule is CS(=O)(=O)NC1CC(Cc2ccc(F)c(-c3cccc(F)c3OCc3ccccc3)c2)(C(N)=O)C1. The molecule has 0 atom stereocenters. The summed E-state index contributed by atoms with van der Waals surface area (Å²) in [5.41, 5.74) is 6.55. The van der Waals surface area contributed by atoms with E-state index in [1.54, 1.807) is 18.2 Å². The second-order valence-electron chi connectivity index (χ2n) is 9.02. The molecule has 3 aromatic carbocycles. The summed E-state index contributed by atoms with van der Waals surface area (Å²) >= 11 is 0. The number of primary amides is 1. The van der Waals surface area contributed by atoms with Crippen LogP contribution in [0.15, 0.2) is 66.7 Å². The Labute approximate surface area is 203 Å². The minimum atomic E-state index is -3.42. The molecule has 35 heavy (non-hydrogen) atoms. The summed E-state index contributed by atoms with van der Waals surface area (Å²) in [5.74, 6) is -1.81. The molecule has 0 spiro atoms. The predicted octanol–water partition coefficient (Wildman–Crippen LogP) is 3.94. The van der Waals surface area contributed by atoms with Gasteiger partial charge in [-0.05, 0) is 48.6 Å². The average Bonchev–Trinajstić information content (AvgIpc) is 2.77. The van der Waals surface area contributed by atoms with E-state index in [9.17, 15) is 22.0 Å². The molecule has 0 aliphatic heterocycles. The van der Waals surface area contributed by atoms with Crippen LogP contribution in [0.5, 0.6) is 5.75 Å². The highest BCUT2D eigenvalue weighted by molar-refractivity contribution is 7.88. The Kier molecular flexibility index (Phi) is 6.91. The maximum atomic E-state index is 14.9. The van der Waals surface area contributed by atoms with E-state index in [2.05, 4.69) is 4.72 Å². The monoisotopic (exact) mass is 500 g/mol. The van der Waals surface area contributed by atoms with Gasteiger partial charge in [-0.15, -0.1) is 0 Å². The molecule has 1 aliphatic carbocycles. The van der Waals surface area contributed by atoms with Crippen LogP contribution in [-0.4, -0.2) is 26.6 Å². The third kappa shape index (κ3) is 5.68. The molecule has 0 bridgehead atoms. The first-order valence-corrected chi connectivity index (χ1v) is 13.0. The van der Waals surface area contributed by atoms with E-state index in [1.807, 2.05) is 30.3 Å². The van der Waals surface area contributed by atoms with Gasteiger partial charge in [0.2, 0.25) is 15.9 Å². The van der Waals surface area contributed by atoms with Crippen molar-refractivity contribution >= 4 is 15.9 Å².